The van der Waals surface area contributed by atoms with Gasteiger partial charge in [0.25, 0.3) is 0 Å². The summed E-state index contributed by atoms with van der Waals surface area (Å²) >= 11 is 0. The Morgan fingerprint density at radius 2 is 1.31 bits per heavy atom. The van der Waals surface area contributed by atoms with Crippen molar-refractivity contribution in [2.45, 2.75) is 0 Å². The fourth-order valence-corrected chi connectivity index (χ4v) is 4.53. The van der Waals surface area contributed by atoms with Crippen LogP contribution in [-0.4, -0.2) is 39.5 Å². The van der Waals surface area contributed by atoms with Crippen LogP contribution in [0, 0.1) is 0 Å². The van der Waals surface area contributed by atoms with Crippen molar-refractivity contribution >= 4 is 43.9 Å². The second-order valence-electron chi connectivity index (χ2n) is 8.39. The first-order valence-electron chi connectivity index (χ1n) is 11.6. The monoisotopic (exact) mass is 468 g/mol. The highest BCUT2D eigenvalue weighted by Crippen LogP contribution is 2.24. The summed E-state index contributed by atoms with van der Waals surface area (Å²) in [7, 11) is 0. The number of hydrogen-bond acceptors (Lipinski definition) is 4. The van der Waals surface area contributed by atoms with Gasteiger partial charge in [-0.3, -0.25) is 0 Å². The van der Waals surface area contributed by atoms with Crippen molar-refractivity contribution in [2.24, 2.45) is 0 Å². The lowest BCUT2D eigenvalue weighted by Crippen LogP contribution is -1.96. The highest BCUT2D eigenvalue weighted by molar-refractivity contribution is 5.89. The third kappa shape index (κ3) is 3.32. The summed E-state index contributed by atoms with van der Waals surface area (Å²) in [6.45, 7) is 0. The Balaban J connectivity index is 0.000000122. The van der Waals surface area contributed by atoms with E-state index in [9.17, 15) is 0 Å². The Kier molecular flexibility index (Phi) is 4.60. The van der Waals surface area contributed by atoms with Crippen LogP contribution in [0.3, 0.4) is 0 Å². The van der Waals surface area contributed by atoms with E-state index in [1.165, 1.54) is 0 Å². The minimum Gasteiger partial charge on any atom is -0.346 e. The SMILES string of the molecule is c1ccc2c(c1)cnn2-c1ccnc2[nH]ccc12.c1ccc2nn(-c3ccnc4[nH]ccc34)cc2c1. The van der Waals surface area contributed by atoms with Crippen molar-refractivity contribution in [3.63, 3.8) is 0 Å². The Bertz CT molecular complexity index is 1930. The molecule has 0 fully saturated rings. The van der Waals surface area contributed by atoms with Crippen LogP contribution in [0.5, 0.6) is 0 Å². The minimum atomic E-state index is 0.882. The van der Waals surface area contributed by atoms with Gasteiger partial charge in [0.1, 0.15) is 11.3 Å². The average Bonchev–Trinajstić information content (AvgIpc) is 3.72. The van der Waals surface area contributed by atoms with Crippen molar-refractivity contribution in [1.29, 1.82) is 0 Å². The minimum absolute atomic E-state index is 0.882. The van der Waals surface area contributed by atoms with E-state index in [0.29, 0.717) is 0 Å². The summed E-state index contributed by atoms with van der Waals surface area (Å²) in [5.41, 5.74) is 5.95. The largest absolute Gasteiger partial charge is 0.346 e. The number of nitrogens with zero attached hydrogens (tertiary/aromatic N) is 6. The lowest BCUT2D eigenvalue weighted by molar-refractivity contribution is 0.902. The average molecular weight is 469 g/mol. The van der Waals surface area contributed by atoms with Gasteiger partial charge >= 0.3 is 0 Å². The van der Waals surface area contributed by atoms with E-state index in [1.807, 2.05) is 88.7 Å². The van der Waals surface area contributed by atoms with Crippen LogP contribution in [0.15, 0.2) is 110 Å². The number of nitrogens with one attached hydrogen (secondary N) is 2. The molecule has 6 heterocycles. The van der Waals surface area contributed by atoms with Crippen molar-refractivity contribution < 1.29 is 0 Å². The predicted octanol–water partition coefficient (Wildman–Crippen LogP) is 5.80. The van der Waals surface area contributed by atoms with E-state index < -0.39 is 0 Å². The fraction of sp³-hybridized carbons (Fsp3) is 0. The van der Waals surface area contributed by atoms with E-state index in [2.05, 4.69) is 48.3 Å². The molecule has 36 heavy (non-hydrogen) atoms. The Hall–Kier alpha value is -5.24. The van der Waals surface area contributed by atoms with Gasteiger partial charge in [-0.2, -0.15) is 10.2 Å². The van der Waals surface area contributed by atoms with Crippen LogP contribution in [0.1, 0.15) is 0 Å². The van der Waals surface area contributed by atoms with Gasteiger partial charge < -0.3 is 9.97 Å². The first-order chi connectivity index (χ1) is 17.8. The molecule has 6 aromatic heterocycles. The van der Waals surface area contributed by atoms with Crippen LogP contribution >= 0.6 is 0 Å². The van der Waals surface area contributed by atoms with E-state index in [1.54, 1.807) is 12.4 Å². The number of pyridine rings is 2. The summed E-state index contributed by atoms with van der Waals surface area (Å²) < 4.78 is 3.86. The molecule has 8 rings (SSSR count). The molecular weight excluding hydrogens is 448 g/mol. The molecule has 0 aliphatic carbocycles. The molecule has 0 atom stereocenters. The van der Waals surface area contributed by atoms with Crippen LogP contribution in [-0.2, 0) is 0 Å². The van der Waals surface area contributed by atoms with Gasteiger partial charge in [0.2, 0.25) is 0 Å². The van der Waals surface area contributed by atoms with Gasteiger partial charge in [-0.25, -0.2) is 19.3 Å². The van der Waals surface area contributed by atoms with E-state index in [-0.39, 0.29) is 0 Å². The van der Waals surface area contributed by atoms with Gasteiger partial charge in [0, 0.05) is 52.5 Å². The van der Waals surface area contributed by atoms with E-state index >= 15 is 0 Å². The van der Waals surface area contributed by atoms with Crippen molar-refractivity contribution in [1.82, 2.24) is 39.5 Å². The highest BCUT2D eigenvalue weighted by atomic mass is 15.3. The molecule has 8 aromatic rings. The molecule has 0 aliphatic heterocycles. The zero-order chi connectivity index (χ0) is 23.9. The molecule has 8 heteroatoms. The number of fused-ring (bicyclic) bond motifs is 4. The van der Waals surface area contributed by atoms with Gasteiger partial charge in [-0.1, -0.05) is 36.4 Å². The standard InChI is InChI=1S/2C14H10N4/c1-2-4-12-10(3-1)9-18(17-12)13-6-8-16-14-11(13)5-7-15-14;1-2-4-12-10(3-1)9-17-18(12)13-6-8-16-14-11(13)5-7-15-14/h2*1-9H,(H,15,16). The van der Waals surface area contributed by atoms with Gasteiger partial charge in [-0.05, 0) is 36.4 Å². The second-order valence-corrected chi connectivity index (χ2v) is 8.39. The number of hydrogen-bond donors (Lipinski definition) is 2. The Morgan fingerprint density at radius 3 is 2.08 bits per heavy atom. The molecule has 0 saturated carbocycles. The van der Waals surface area contributed by atoms with Crippen LogP contribution in [0.4, 0.5) is 0 Å². The lowest BCUT2D eigenvalue weighted by Gasteiger charge is -2.04. The Morgan fingerprint density at radius 1 is 0.639 bits per heavy atom. The maximum absolute atomic E-state index is 4.59. The molecule has 0 saturated heterocycles. The molecule has 2 N–H and O–H groups in total. The molecule has 2 aromatic carbocycles. The van der Waals surface area contributed by atoms with Crippen molar-refractivity contribution in [3.8, 4) is 11.4 Å². The topological polar surface area (TPSA) is 93.0 Å². The molecule has 0 unspecified atom stereocenters. The number of para-hydroxylation sites is 1. The summed E-state index contributed by atoms with van der Waals surface area (Å²) in [6, 6.07) is 24.3. The molecule has 0 bridgehead atoms. The first kappa shape index (κ1) is 20.2. The number of H-pyrrole nitrogens is 2. The zero-order valence-corrected chi connectivity index (χ0v) is 19.1. The van der Waals surface area contributed by atoms with Crippen LogP contribution in [0.25, 0.3) is 55.2 Å². The van der Waals surface area contributed by atoms with E-state index in [4.69, 9.17) is 0 Å². The highest BCUT2D eigenvalue weighted by Gasteiger charge is 2.09. The van der Waals surface area contributed by atoms with Crippen molar-refractivity contribution in [3.05, 3.63) is 110 Å². The normalized spacial score (nSPS) is 11.3. The van der Waals surface area contributed by atoms with Gasteiger partial charge in [-0.15, -0.1) is 0 Å². The van der Waals surface area contributed by atoms with Gasteiger partial charge in [0.05, 0.1) is 28.6 Å². The second kappa shape index (κ2) is 8.21. The van der Waals surface area contributed by atoms with E-state index in [0.717, 1.165) is 55.2 Å². The smallest absolute Gasteiger partial charge is 0.139 e. The molecule has 0 spiro atoms. The zero-order valence-electron chi connectivity index (χ0n) is 19.1. The summed E-state index contributed by atoms with van der Waals surface area (Å²) in [5, 5.41) is 13.5. The first-order valence-corrected chi connectivity index (χ1v) is 11.6. The number of benzene rings is 2. The van der Waals surface area contributed by atoms with Crippen LogP contribution < -0.4 is 0 Å². The third-order valence-electron chi connectivity index (χ3n) is 6.24. The summed E-state index contributed by atoms with van der Waals surface area (Å²) in [6.07, 6.45) is 11.3. The molecular formula is C28H20N8. The number of rotatable bonds is 2. The molecule has 0 amide bonds. The molecule has 8 nitrogen and oxygen atoms in total. The lowest BCUT2D eigenvalue weighted by atomic mass is 10.2. The summed E-state index contributed by atoms with van der Waals surface area (Å²) in [5.74, 6) is 0. The van der Waals surface area contributed by atoms with Gasteiger partial charge in [0.15, 0.2) is 0 Å². The number of aromatic amines is 2. The third-order valence-corrected chi connectivity index (χ3v) is 6.24. The maximum atomic E-state index is 4.59. The fourth-order valence-electron chi connectivity index (χ4n) is 4.53. The molecule has 172 valence electrons. The summed E-state index contributed by atoms with van der Waals surface area (Å²) in [4.78, 5) is 14.8. The predicted molar refractivity (Wildman–Crippen MR) is 141 cm³/mol. The van der Waals surface area contributed by atoms with Crippen molar-refractivity contribution in [2.75, 3.05) is 0 Å². The molecule has 0 aliphatic rings. The van der Waals surface area contributed by atoms with Crippen LogP contribution in [0.2, 0.25) is 0 Å². The quantitative estimate of drug-likeness (QED) is 0.335. The Labute approximate surface area is 204 Å². The maximum Gasteiger partial charge on any atom is 0.139 e. The number of aromatic nitrogens is 8. The molecule has 0 radical (unpaired) electrons.